The molecule has 0 aliphatic heterocycles. The van der Waals surface area contributed by atoms with Crippen molar-refractivity contribution in [2.45, 2.75) is 32.9 Å². The number of hydrogen-bond acceptors (Lipinski definition) is 3. The van der Waals surface area contributed by atoms with Crippen molar-refractivity contribution in [3.63, 3.8) is 0 Å². The quantitative estimate of drug-likeness (QED) is 0.711. The molecule has 0 saturated carbocycles. The van der Waals surface area contributed by atoms with E-state index in [0.717, 1.165) is 24.3 Å². The SMILES string of the molecule is CC(C)CC(NCc1ccccc1-n1ccnc1)c1ccccn1. The molecular formula is C20H24N4. The fraction of sp³-hybridized carbons (Fsp3) is 0.300. The van der Waals surface area contributed by atoms with Crippen LogP contribution >= 0.6 is 0 Å². The average molecular weight is 320 g/mol. The Morgan fingerprint density at radius 1 is 1.04 bits per heavy atom. The number of para-hydroxylation sites is 1. The van der Waals surface area contributed by atoms with Gasteiger partial charge in [-0.2, -0.15) is 0 Å². The van der Waals surface area contributed by atoms with Gasteiger partial charge in [-0.25, -0.2) is 4.98 Å². The lowest BCUT2D eigenvalue weighted by Crippen LogP contribution is -2.24. The van der Waals surface area contributed by atoms with Gasteiger partial charge in [-0.15, -0.1) is 0 Å². The van der Waals surface area contributed by atoms with E-state index in [0.29, 0.717) is 5.92 Å². The molecule has 0 bridgehead atoms. The largest absolute Gasteiger partial charge is 0.306 e. The van der Waals surface area contributed by atoms with E-state index in [1.807, 2.05) is 24.8 Å². The minimum Gasteiger partial charge on any atom is -0.306 e. The lowest BCUT2D eigenvalue weighted by molar-refractivity contribution is 0.421. The highest BCUT2D eigenvalue weighted by molar-refractivity contribution is 5.40. The highest BCUT2D eigenvalue weighted by atomic mass is 15.0. The first kappa shape index (κ1) is 16.4. The van der Waals surface area contributed by atoms with Crippen LogP contribution in [0.2, 0.25) is 0 Å². The molecule has 0 amide bonds. The van der Waals surface area contributed by atoms with E-state index in [4.69, 9.17) is 0 Å². The Labute approximate surface area is 143 Å². The third-order valence-electron chi connectivity index (χ3n) is 4.07. The van der Waals surface area contributed by atoms with E-state index in [9.17, 15) is 0 Å². The Kier molecular flexibility index (Phi) is 5.39. The van der Waals surface area contributed by atoms with Crippen molar-refractivity contribution in [1.82, 2.24) is 19.9 Å². The molecule has 1 N–H and O–H groups in total. The van der Waals surface area contributed by atoms with Crippen LogP contribution in [-0.4, -0.2) is 14.5 Å². The maximum Gasteiger partial charge on any atom is 0.0991 e. The molecule has 0 spiro atoms. The van der Waals surface area contributed by atoms with Gasteiger partial charge in [0.1, 0.15) is 0 Å². The van der Waals surface area contributed by atoms with Crippen molar-refractivity contribution in [2.24, 2.45) is 5.92 Å². The Bertz CT molecular complexity index is 735. The van der Waals surface area contributed by atoms with Crippen LogP contribution in [0.5, 0.6) is 0 Å². The second-order valence-electron chi connectivity index (χ2n) is 6.42. The normalized spacial score (nSPS) is 12.5. The lowest BCUT2D eigenvalue weighted by atomic mass is 10.00. The van der Waals surface area contributed by atoms with E-state index in [-0.39, 0.29) is 6.04 Å². The van der Waals surface area contributed by atoms with Gasteiger partial charge in [0.15, 0.2) is 0 Å². The molecule has 3 aromatic rings. The Hall–Kier alpha value is -2.46. The van der Waals surface area contributed by atoms with Gasteiger partial charge in [0.25, 0.3) is 0 Å². The number of nitrogens with zero attached hydrogens (tertiary/aromatic N) is 3. The Morgan fingerprint density at radius 2 is 1.88 bits per heavy atom. The smallest absolute Gasteiger partial charge is 0.0991 e. The van der Waals surface area contributed by atoms with Gasteiger partial charge in [0, 0.05) is 31.2 Å². The van der Waals surface area contributed by atoms with Gasteiger partial charge in [0.2, 0.25) is 0 Å². The van der Waals surface area contributed by atoms with Crippen LogP contribution in [0.1, 0.15) is 37.6 Å². The van der Waals surface area contributed by atoms with E-state index >= 15 is 0 Å². The zero-order valence-corrected chi connectivity index (χ0v) is 14.3. The van der Waals surface area contributed by atoms with Gasteiger partial charge >= 0.3 is 0 Å². The van der Waals surface area contributed by atoms with Crippen LogP contribution in [0.25, 0.3) is 5.69 Å². The van der Waals surface area contributed by atoms with Crippen molar-refractivity contribution in [3.05, 3.63) is 78.6 Å². The molecule has 3 rings (SSSR count). The predicted molar refractivity (Wildman–Crippen MR) is 96.8 cm³/mol. The molecule has 0 aliphatic rings. The fourth-order valence-electron chi connectivity index (χ4n) is 2.91. The molecule has 1 aromatic carbocycles. The van der Waals surface area contributed by atoms with Crippen molar-refractivity contribution in [1.29, 1.82) is 0 Å². The first-order valence-electron chi connectivity index (χ1n) is 8.44. The predicted octanol–water partition coefficient (Wildman–Crippen LogP) is 4.14. The number of hydrogen-bond donors (Lipinski definition) is 1. The summed E-state index contributed by atoms with van der Waals surface area (Å²) in [6, 6.07) is 14.8. The first-order valence-corrected chi connectivity index (χ1v) is 8.44. The molecule has 1 atom stereocenters. The topological polar surface area (TPSA) is 42.7 Å². The summed E-state index contributed by atoms with van der Waals surface area (Å²) in [6.07, 6.45) is 8.54. The number of nitrogens with one attached hydrogen (secondary N) is 1. The van der Waals surface area contributed by atoms with Crippen molar-refractivity contribution < 1.29 is 0 Å². The first-order chi connectivity index (χ1) is 11.7. The Balaban J connectivity index is 1.78. The number of rotatable bonds is 7. The maximum atomic E-state index is 4.54. The summed E-state index contributed by atoms with van der Waals surface area (Å²) in [6.45, 7) is 5.29. The molecule has 1 unspecified atom stereocenters. The van der Waals surface area contributed by atoms with Crippen LogP contribution in [0, 0.1) is 5.92 Å². The van der Waals surface area contributed by atoms with E-state index < -0.39 is 0 Å². The highest BCUT2D eigenvalue weighted by Crippen LogP contribution is 2.21. The van der Waals surface area contributed by atoms with E-state index in [2.05, 4.69) is 70.1 Å². The molecule has 4 heteroatoms. The minimum absolute atomic E-state index is 0.252. The minimum atomic E-state index is 0.252. The summed E-state index contributed by atoms with van der Waals surface area (Å²) in [7, 11) is 0. The van der Waals surface area contributed by atoms with Gasteiger partial charge in [-0.1, -0.05) is 38.1 Å². The standard InChI is InChI=1S/C20H24N4/c1-16(2)13-19(18-8-5-6-10-22-18)23-14-17-7-3-4-9-20(17)24-12-11-21-15-24/h3-12,15-16,19,23H,13-14H2,1-2H3. The summed E-state index contributed by atoms with van der Waals surface area (Å²) in [5, 5.41) is 3.69. The van der Waals surface area contributed by atoms with Gasteiger partial charge < -0.3 is 9.88 Å². The molecule has 4 nitrogen and oxygen atoms in total. The summed E-state index contributed by atoms with van der Waals surface area (Å²) < 4.78 is 2.05. The zero-order valence-electron chi connectivity index (χ0n) is 14.3. The maximum absolute atomic E-state index is 4.54. The van der Waals surface area contributed by atoms with E-state index in [1.165, 1.54) is 5.56 Å². The average Bonchev–Trinajstić information content (AvgIpc) is 3.14. The molecule has 0 saturated heterocycles. The third kappa shape index (κ3) is 4.09. The zero-order chi connectivity index (χ0) is 16.8. The second kappa shape index (κ2) is 7.88. The van der Waals surface area contributed by atoms with Crippen LogP contribution < -0.4 is 5.32 Å². The second-order valence-corrected chi connectivity index (χ2v) is 6.42. The molecule has 2 heterocycles. The highest BCUT2D eigenvalue weighted by Gasteiger charge is 2.15. The Morgan fingerprint density at radius 3 is 2.58 bits per heavy atom. The molecular weight excluding hydrogens is 296 g/mol. The number of imidazole rings is 1. The molecule has 0 aliphatic carbocycles. The number of benzene rings is 1. The van der Waals surface area contributed by atoms with Gasteiger partial charge in [-0.05, 0) is 36.1 Å². The van der Waals surface area contributed by atoms with Crippen LogP contribution in [0.15, 0.2) is 67.4 Å². The molecule has 124 valence electrons. The summed E-state index contributed by atoms with van der Waals surface area (Å²) >= 11 is 0. The molecule has 0 radical (unpaired) electrons. The molecule has 2 aromatic heterocycles. The third-order valence-corrected chi connectivity index (χ3v) is 4.07. The van der Waals surface area contributed by atoms with Gasteiger partial charge in [-0.3, -0.25) is 4.98 Å². The van der Waals surface area contributed by atoms with Crippen LogP contribution in [0.4, 0.5) is 0 Å². The monoisotopic (exact) mass is 320 g/mol. The summed E-state index contributed by atoms with van der Waals surface area (Å²) in [4.78, 5) is 8.69. The lowest BCUT2D eigenvalue weighted by Gasteiger charge is -2.21. The van der Waals surface area contributed by atoms with E-state index in [1.54, 1.807) is 6.20 Å². The summed E-state index contributed by atoms with van der Waals surface area (Å²) in [5.41, 5.74) is 3.51. The fourth-order valence-corrected chi connectivity index (χ4v) is 2.91. The number of aromatic nitrogens is 3. The molecule has 0 fully saturated rings. The summed E-state index contributed by atoms with van der Waals surface area (Å²) in [5.74, 6) is 0.605. The van der Waals surface area contributed by atoms with Crippen LogP contribution in [0.3, 0.4) is 0 Å². The van der Waals surface area contributed by atoms with Crippen molar-refractivity contribution in [2.75, 3.05) is 0 Å². The van der Waals surface area contributed by atoms with Crippen LogP contribution in [-0.2, 0) is 6.54 Å². The number of pyridine rings is 1. The van der Waals surface area contributed by atoms with Gasteiger partial charge in [0.05, 0.1) is 17.7 Å². The molecule has 24 heavy (non-hydrogen) atoms. The van der Waals surface area contributed by atoms with Crippen molar-refractivity contribution >= 4 is 0 Å². The van der Waals surface area contributed by atoms with Crippen molar-refractivity contribution in [3.8, 4) is 5.69 Å².